The largest absolute Gasteiger partial charge is 0.0827 e. The standard InChI is InChI=1S/C6H5Br.C6H4Cl2/c7-6-4-2-1-3-5-6;7-5-3-1-2-4-6(5)8/h1-5H;1-4H. The van der Waals surface area contributed by atoms with Crippen LogP contribution in [0.3, 0.4) is 0 Å². The minimum atomic E-state index is 0.606. The summed E-state index contributed by atoms with van der Waals surface area (Å²) < 4.78 is 1.13. The summed E-state index contributed by atoms with van der Waals surface area (Å²) in [7, 11) is 0. The molecule has 0 amide bonds. The molecule has 0 aliphatic rings. The van der Waals surface area contributed by atoms with Crippen LogP contribution >= 0.6 is 39.1 Å². The molecule has 0 radical (unpaired) electrons. The van der Waals surface area contributed by atoms with Crippen LogP contribution in [0.5, 0.6) is 0 Å². The Morgan fingerprint density at radius 2 is 1.07 bits per heavy atom. The van der Waals surface area contributed by atoms with Gasteiger partial charge in [0.2, 0.25) is 0 Å². The summed E-state index contributed by atoms with van der Waals surface area (Å²) in [5.41, 5.74) is 0. The van der Waals surface area contributed by atoms with Crippen molar-refractivity contribution in [2.45, 2.75) is 0 Å². The molecular formula is C12H9BrCl2. The Kier molecular flexibility index (Phi) is 5.77. The van der Waals surface area contributed by atoms with Crippen LogP contribution in [0.2, 0.25) is 10.0 Å². The van der Waals surface area contributed by atoms with Crippen molar-refractivity contribution in [1.29, 1.82) is 0 Å². The lowest BCUT2D eigenvalue weighted by molar-refractivity contribution is 1.66. The second-order valence-electron chi connectivity index (χ2n) is 2.71. The van der Waals surface area contributed by atoms with Gasteiger partial charge in [-0.05, 0) is 24.3 Å². The summed E-state index contributed by atoms with van der Waals surface area (Å²) in [6.45, 7) is 0. The van der Waals surface area contributed by atoms with Gasteiger partial charge in [-0.25, -0.2) is 0 Å². The molecular weight excluding hydrogens is 295 g/mol. The molecule has 0 heterocycles. The van der Waals surface area contributed by atoms with Crippen LogP contribution in [-0.4, -0.2) is 0 Å². The first-order chi connectivity index (χ1) is 7.20. The number of hydrogen-bond donors (Lipinski definition) is 0. The van der Waals surface area contributed by atoms with Crippen molar-refractivity contribution in [2.75, 3.05) is 0 Å². The van der Waals surface area contributed by atoms with E-state index >= 15 is 0 Å². The topological polar surface area (TPSA) is 0 Å². The lowest BCUT2D eigenvalue weighted by Gasteiger charge is -1.88. The van der Waals surface area contributed by atoms with Crippen LogP contribution in [0.15, 0.2) is 59.1 Å². The van der Waals surface area contributed by atoms with Gasteiger partial charge in [0, 0.05) is 4.47 Å². The maximum absolute atomic E-state index is 5.58. The van der Waals surface area contributed by atoms with E-state index in [1.54, 1.807) is 12.1 Å². The van der Waals surface area contributed by atoms with Crippen LogP contribution in [0.1, 0.15) is 0 Å². The van der Waals surface area contributed by atoms with Gasteiger partial charge < -0.3 is 0 Å². The van der Waals surface area contributed by atoms with Crippen molar-refractivity contribution in [3.8, 4) is 0 Å². The fourth-order valence-electron chi connectivity index (χ4n) is 0.854. The van der Waals surface area contributed by atoms with Crippen molar-refractivity contribution in [2.24, 2.45) is 0 Å². The van der Waals surface area contributed by atoms with Crippen molar-refractivity contribution in [3.63, 3.8) is 0 Å². The van der Waals surface area contributed by atoms with E-state index in [9.17, 15) is 0 Å². The Hall–Kier alpha value is -0.500. The highest BCUT2D eigenvalue weighted by Gasteiger charge is 1.89. The maximum Gasteiger partial charge on any atom is 0.0592 e. The molecule has 2 aromatic carbocycles. The van der Waals surface area contributed by atoms with Gasteiger partial charge in [-0.2, -0.15) is 0 Å². The minimum absolute atomic E-state index is 0.606. The summed E-state index contributed by atoms with van der Waals surface area (Å²) in [5, 5.41) is 1.21. The lowest BCUT2D eigenvalue weighted by Crippen LogP contribution is -1.62. The van der Waals surface area contributed by atoms with Gasteiger partial charge in [0.05, 0.1) is 10.0 Å². The second kappa shape index (κ2) is 6.89. The van der Waals surface area contributed by atoms with E-state index in [2.05, 4.69) is 15.9 Å². The average molecular weight is 304 g/mol. The molecule has 2 rings (SSSR count). The van der Waals surface area contributed by atoms with Crippen LogP contribution in [0.4, 0.5) is 0 Å². The normalized spacial score (nSPS) is 9.00. The van der Waals surface area contributed by atoms with E-state index in [0.717, 1.165) is 4.47 Å². The second-order valence-corrected chi connectivity index (χ2v) is 4.44. The molecule has 0 atom stereocenters. The molecule has 78 valence electrons. The van der Waals surface area contributed by atoms with Gasteiger partial charge in [0.15, 0.2) is 0 Å². The molecule has 0 N–H and O–H groups in total. The third-order valence-corrected chi connectivity index (χ3v) is 2.84. The monoisotopic (exact) mass is 302 g/mol. The van der Waals surface area contributed by atoms with E-state index in [-0.39, 0.29) is 0 Å². The summed E-state index contributed by atoms with van der Waals surface area (Å²) in [6, 6.07) is 17.2. The van der Waals surface area contributed by atoms with Gasteiger partial charge in [-0.1, -0.05) is 69.5 Å². The SMILES string of the molecule is Brc1ccccc1.Clc1ccccc1Cl. The Morgan fingerprint density at radius 1 is 0.667 bits per heavy atom. The lowest BCUT2D eigenvalue weighted by atomic mass is 10.4. The third-order valence-electron chi connectivity index (χ3n) is 1.56. The van der Waals surface area contributed by atoms with E-state index in [1.165, 1.54) is 0 Å². The first kappa shape index (κ1) is 12.6. The summed E-state index contributed by atoms with van der Waals surface area (Å²) >= 11 is 14.5. The molecule has 3 heteroatoms. The van der Waals surface area contributed by atoms with Gasteiger partial charge in [-0.3, -0.25) is 0 Å². The smallest absolute Gasteiger partial charge is 0.0592 e. The zero-order chi connectivity index (χ0) is 11.1. The molecule has 0 fully saturated rings. The Morgan fingerprint density at radius 3 is 1.33 bits per heavy atom. The van der Waals surface area contributed by atoms with Gasteiger partial charge >= 0.3 is 0 Å². The van der Waals surface area contributed by atoms with Crippen molar-refractivity contribution in [3.05, 3.63) is 69.1 Å². The summed E-state index contributed by atoms with van der Waals surface area (Å²) in [5.74, 6) is 0. The predicted octanol–water partition coefficient (Wildman–Crippen LogP) is 5.44. The molecule has 0 aromatic heterocycles. The van der Waals surface area contributed by atoms with Gasteiger partial charge in [0.25, 0.3) is 0 Å². The van der Waals surface area contributed by atoms with Crippen LogP contribution in [0.25, 0.3) is 0 Å². The molecule has 0 aliphatic heterocycles. The zero-order valence-electron chi connectivity index (χ0n) is 7.83. The molecule has 0 bridgehead atoms. The number of rotatable bonds is 0. The maximum atomic E-state index is 5.58. The molecule has 0 unspecified atom stereocenters. The quantitative estimate of drug-likeness (QED) is 0.607. The first-order valence-corrected chi connectivity index (χ1v) is 5.85. The summed E-state index contributed by atoms with van der Waals surface area (Å²) in [6.07, 6.45) is 0. The van der Waals surface area contributed by atoms with E-state index in [1.807, 2.05) is 42.5 Å². The Labute approximate surface area is 108 Å². The molecule has 2 aromatic rings. The number of benzene rings is 2. The highest BCUT2D eigenvalue weighted by Crippen LogP contribution is 2.19. The van der Waals surface area contributed by atoms with Crippen molar-refractivity contribution in [1.82, 2.24) is 0 Å². The van der Waals surface area contributed by atoms with E-state index < -0.39 is 0 Å². The highest BCUT2D eigenvalue weighted by molar-refractivity contribution is 9.10. The minimum Gasteiger partial charge on any atom is -0.0827 e. The molecule has 0 saturated heterocycles. The van der Waals surface area contributed by atoms with Crippen LogP contribution < -0.4 is 0 Å². The van der Waals surface area contributed by atoms with Gasteiger partial charge in [-0.15, -0.1) is 0 Å². The van der Waals surface area contributed by atoms with Crippen molar-refractivity contribution >= 4 is 39.1 Å². The third kappa shape index (κ3) is 5.22. The average Bonchev–Trinajstić information content (AvgIpc) is 2.25. The first-order valence-electron chi connectivity index (χ1n) is 4.30. The van der Waals surface area contributed by atoms with Crippen LogP contribution in [0, 0.1) is 0 Å². The Bertz CT molecular complexity index is 380. The van der Waals surface area contributed by atoms with Crippen LogP contribution in [-0.2, 0) is 0 Å². The number of hydrogen-bond acceptors (Lipinski definition) is 0. The highest BCUT2D eigenvalue weighted by atomic mass is 79.9. The molecule has 0 nitrogen and oxygen atoms in total. The fraction of sp³-hybridized carbons (Fsp3) is 0. The zero-order valence-corrected chi connectivity index (χ0v) is 10.9. The Balaban J connectivity index is 0.000000151. The molecule has 0 saturated carbocycles. The predicted molar refractivity (Wildman–Crippen MR) is 70.6 cm³/mol. The van der Waals surface area contributed by atoms with Gasteiger partial charge in [0.1, 0.15) is 0 Å². The van der Waals surface area contributed by atoms with E-state index in [0.29, 0.717) is 10.0 Å². The number of halogens is 3. The summed E-state index contributed by atoms with van der Waals surface area (Å²) in [4.78, 5) is 0. The molecule has 0 spiro atoms. The molecule has 0 aliphatic carbocycles. The fourth-order valence-corrected chi connectivity index (χ4v) is 1.43. The van der Waals surface area contributed by atoms with E-state index in [4.69, 9.17) is 23.2 Å². The molecule has 15 heavy (non-hydrogen) atoms. The van der Waals surface area contributed by atoms with Crippen molar-refractivity contribution < 1.29 is 0 Å².